The lowest BCUT2D eigenvalue weighted by atomic mass is 9.91. The van der Waals surface area contributed by atoms with Crippen molar-refractivity contribution in [3.8, 4) is 5.75 Å². The number of ether oxygens (including phenoxy) is 3. The Morgan fingerprint density at radius 3 is 3.00 bits per heavy atom. The van der Waals surface area contributed by atoms with Crippen LogP contribution in [0.4, 0.5) is 0 Å². The Bertz CT molecular complexity index is 500. The molecule has 0 saturated carbocycles. The quantitative estimate of drug-likeness (QED) is 0.932. The standard InChI is InChI=1S/C16H22ClNO3/c1-11(18)14-8-12(17)2-3-15(14)21-13-4-6-20-16(9-13)5-7-19-10-16/h2-3,8,11,13H,4-7,9-10,18H2,1H3/t11-,13?,16?/m1/s1. The average Bonchev–Trinajstić information content (AvgIpc) is 2.88. The van der Waals surface area contributed by atoms with E-state index in [0.29, 0.717) is 11.6 Å². The Morgan fingerprint density at radius 1 is 1.43 bits per heavy atom. The predicted molar refractivity (Wildman–Crippen MR) is 81.8 cm³/mol. The molecule has 2 heterocycles. The molecule has 0 bridgehead atoms. The van der Waals surface area contributed by atoms with Crippen molar-refractivity contribution >= 4 is 11.6 Å². The maximum absolute atomic E-state index is 6.22. The number of benzene rings is 1. The number of rotatable bonds is 3. The second kappa shape index (κ2) is 6.13. The van der Waals surface area contributed by atoms with Gasteiger partial charge in [-0.2, -0.15) is 0 Å². The highest BCUT2D eigenvalue weighted by Gasteiger charge is 2.41. The van der Waals surface area contributed by atoms with Crippen LogP contribution in [0, 0.1) is 0 Å². The summed E-state index contributed by atoms with van der Waals surface area (Å²) >= 11 is 6.05. The third-order valence-corrected chi connectivity index (χ3v) is 4.51. The van der Waals surface area contributed by atoms with Gasteiger partial charge in [0.05, 0.1) is 18.8 Å². The Labute approximate surface area is 130 Å². The molecular formula is C16H22ClNO3. The second-order valence-electron chi connectivity index (χ2n) is 6.04. The van der Waals surface area contributed by atoms with Crippen molar-refractivity contribution in [2.75, 3.05) is 19.8 Å². The Kier molecular flexibility index (Phi) is 4.41. The van der Waals surface area contributed by atoms with Gasteiger partial charge in [0.25, 0.3) is 0 Å². The third-order valence-electron chi connectivity index (χ3n) is 4.27. The SMILES string of the molecule is C[C@@H](N)c1cc(Cl)ccc1OC1CCOC2(CCOC2)C1. The normalized spacial score (nSPS) is 30.5. The first-order valence-electron chi connectivity index (χ1n) is 7.51. The van der Waals surface area contributed by atoms with E-state index < -0.39 is 0 Å². The van der Waals surface area contributed by atoms with E-state index in [0.717, 1.165) is 43.8 Å². The first-order valence-corrected chi connectivity index (χ1v) is 7.89. The third kappa shape index (κ3) is 3.34. The molecule has 2 N–H and O–H groups in total. The second-order valence-corrected chi connectivity index (χ2v) is 6.47. The molecule has 116 valence electrons. The van der Waals surface area contributed by atoms with Crippen LogP contribution in [-0.4, -0.2) is 31.5 Å². The summed E-state index contributed by atoms with van der Waals surface area (Å²) < 4.78 is 17.7. The van der Waals surface area contributed by atoms with Crippen LogP contribution < -0.4 is 10.5 Å². The lowest BCUT2D eigenvalue weighted by Gasteiger charge is -2.37. The molecule has 2 saturated heterocycles. The van der Waals surface area contributed by atoms with Gasteiger partial charge in [-0.05, 0) is 25.1 Å². The highest BCUT2D eigenvalue weighted by molar-refractivity contribution is 6.30. The van der Waals surface area contributed by atoms with Gasteiger partial charge in [0, 0.05) is 42.5 Å². The van der Waals surface area contributed by atoms with Crippen LogP contribution in [0.3, 0.4) is 0 Å². The van der Waals surface area contributed by atoms with E-state index in [1.165, 1.54) is 0 Å². The molecule has 0 aliphatic carbocycles. The monoisotopic (exact) mass is 311 g/mol. The zero-order valence-corrected chi connectivity index (χ0v) is 13.1. The minimum atomic E-state index is -0.149. The smallest absolute Gasteiger partial charge is 0.124 e. The van der Waals surface area contributed by atoms with Crippen LogP contribution >= 0.6 is 11.6 Å². The van der Waals surface area contributed by atoms with E-state index in [1.54, 1.807) is 0 Å². The molecule has 21 heavy (non-hydrogen) atoms. The molecule has 0 radical (unpaired) electrons. The molecule has 2 unspecified atom stereocenters. The Hall–Kier alpha value is -0.810. The number of hydrogen-bond acceptors (Lipinski definition) is 4. The van der Waals surface area contributed by atoms with Gasteiger partial charge in [-0.15, -0.1) is 0 Å². The summed E-state index contributed by atoms with van der Waals surface area (Å²) in [5, 5.41) is 0.683. The molecule has 0 aromatic heterocycles. The zero-order chi connectivity index (χ0) is 14.9. The van der Waals surface area contributed by atoms with Crippen molar-refractivity contribution in [1.82, 2.24) is 0 Å². The summed E-state index contributed by atoms with van der Waals surface area (Å²) in [7, 11) is 0. The molecule has 2 aliphatic heterocycles. The van der Waals surface area contributed by atoms with Gasteiger partial charge in [-0.1, -0.05) is 11.6 Å². The molecule has 3 rings (SSSR count). The van der Waals surface area contributed by atoms with Gasteiger partial charge < -0.3 is 19.9 Å². The van der Waals surface area contributed by atoms with E-state index in [4.69, 9.17) is 31.5 Å². The molecule has 1 spiro atoms. The van der Waals surface area contributed by atoms with Crippen molar-refractivity contribution < 1.29 is 14.2 Å². The Morgan fingerprint density at radius 2 is 2.29 bits per heavy atom. The minimum Gasteiger partial charge on any atom is -0.490 e. The van der Waals surface area contributed by atoms with Gasteiger partial charge in [-0.25, -0.2) is 0 Å². The fraction of sp³-hybridized carbons (Fsp3) is 0.625. The van der Waals surface area contributed by atoms with Crippen LogP contribution in [0.15, 0.2) is 18.2 Å². The topological polar surface area (TPSA) is 53.7 Å². The van der Waals surface area contributed by atoms with Crippen LogP contribution in [0.5, 0.6) is 5.75 Å². The highest BCUT2D eigenvalue weighted by Crippen LogP contribution is 2.36. The predicted octanol–water partition coefficient (Wildman–Crippen LogP) is 3.08. The van der Waals surface area contributed by atoms with E-state index in [2.05, 4.69) is 0 Å². The Balaban J connectivity index is 1.74. The number of hydrogen-bond donors (Lipinski definition) is 1. The summed E-state index contributed by atoms with van der Waals surface area (Å²) in [4.78, 5) is 0. The fourth-order valence-corrected chi connectivity index (χ4v) is 3.29. The minimum absolute atomic E-state index is 0.109. The first kappa shape index (κ1) is 15.1. The lowest BCUT2D eigenvalue weighted by molar-refractivity contribution is -0.112. The van der Waals surface area contributed by atoms with Crippen molar-refractivity contribution in [3.05, 3.63) is 28.8 Å². The molecule has 0 amide bonds. The molecule has 2 fully saturated rings. The van der Waals surface area contributed by atoms with Gasteiger partial charge in [0.15, 0.2) is 0 Å². The molecule has 5 heteroatoms. The summed E-state index contributed by atoms with van der Waals surface area (Å²) in [5.41, 5.74) is 6.82. The molecule has 1 aromatic carbocycles. The van der Waals surface area contributed by atoms with Crippen molar-refractivity contribution in [3.63, 3.8) is 0 Å². The van der Waals surface area contributed by atoms with E-state index in [9.17, 15) is 0 Å². The van der Waals surface area contributed by atoms with Gasteiger partial charge >= 0.3 is 0 Å². The molecule has 2 aliphatic rings. The lowest BCUT2D eigenvalue weighted by Crippen LogP contribution is -2.44. The van der Waals surface area contributed by atoms with E-state index in [-0.39, 0.29) is 17.7 Å². The summed E-state index contributed by atoms with van der Waals surface area (Å²) in [6, 6.07) is 5.53. The molecular weight excluding hydrogens is 290 g/mol. The van der Waals surface area contributed by atoms with Gasteiger partial charge in [0.1, 0.15) is 11.9 Å². The fourth-order valence-electron chi connectivity index (χ4n) is 3.11. The first-order chi connectivity index (χ1) is 10.1. The summed E-state index contributed by atoms with van der Waals surface area (Å²) in [5.74, 6) is 0.829. The number of halogens is 1. The molecule has 3 atom stereocenters. The largest absolute Gasteiger partial charge is 0.490 e. The van der Waals surface area contributed by atoms with Crippen LogP contribution in [0.1, 0.15) is 37.8 Å². The van der Waals surface area contributed by atoms with E-state index in [1.807, 2.05) is 25.1 Å². The molecule has 4 nitrogen and oxygen atoms in total. The highest BCUT2D eigenvalue weighted by atomic mass is 35.5. The zero-order valence-electron chi connectivity index (χ0n) is 12.3. The maximum Gasteiger partial charge on any atom is 0.124 e. The van der Waals surface area contributed by atoms with Crippen molar-refractivity contribution in [2.45, 2.75) is 43.9 Å². The summed E-state index contributed by atoms with van der Waals surface area (Å²) in [6.45, 7) is 4.11. The maximum atomic E-state index is 6.22. The van der Waals surface area contributed by atoms with Crippen molar-refractivity contribution in [2.24, 2.45) is 5.73 Å². The number of nitrogens with two attached hydrogens (primary N) is 1. The van der Waals surface area contributed by atoms with Gasteiger partial charge in [-0.3, -0.25) is 0 Å². The average molecular weight is 312 g/mol. The summed E-state index contributed by atoms with van der Waals surface area (Å²) in [6.07, 6.45) is 2.85. The molecule has 1 aromatic rings. The van der Waals surface area contributed by atoms with E-state index >= 15 is 0 Å². The van der Waals surface area contributed by atoms with Gasteiger partial charge in [0.2, 0.25) is 0 Å². The van der Waals surface area contributed by atoms with Crippen LogP contribution in [0.2, 0.25) is 5.02 Å². The van der Waals surface area contributed by atoms with Crippen LogP contribution in [0.25, 0.3) is 0 Å². The van der Waals surface area contributed by atoms with Crippen molar-refractivity contribution in [1.29, 1.82) is 0 Å². The van der Waals surface area contributed by atoms with Crippen LogP contribution in [-0.2, 0) is 9.47 Å².